The van der Waals surface area contributed by atoms with E-state index in [0.29, 0.717) is 0 Å². The van der Waals surface area contributed by atoms with Crippen LogP contribution in [0.2, 0.25) is 0 Å². The molecule has 1 amide bonds. The lowest BCUT2D eigenvalue weighted by Crippen LogP contribution is -2.35. The van der Waals surface area contributed by atoms with E-state index in [1.807, 2.05) is 0 Å². The van der Waals surface area contributed by atoms with Crippen LogP contribution in [0.1, 0.15) is 45.6 Å². The molecule has 0 aliphatic rings. The topological polar surface area (TPSA) is 64.6 Å². The van der Waals surface area contributed by atoms with Crippen LogP contribution in [-0.2, 0) is 14.3 Å². The fourth-order valence-corrected chi connectivity index (χ4v) is 1.98. The van der Waals surface area contributed by atoms with Crippen molar-refractivity contribution in [1.29, 1.82) is 0 Å². The van der Waals surface area contributed by atoms with Gasteiger partial charge < -0.3 is 14.8 Å². The molecule has 1 aromatic carbocycles. The zero-order valence-electron chi connectivity index (χ0n) is 14.0. The number of hydrogen-bond acceptors (Lipinski definition) is 4. The molecule has 0 saturated heterocycles. The molecule has 6 heteroatoms. The molecule has 0 aliphatic carbocycles. The van der Waals surface area contributed by atoms with Crippen LogP contribution in [0.4, 0.5) is 9.18 Å². The number of hydrogen-bond donors (Lipinski definition) is 1. The third kappa shape index (κ3) is 7.63. The smallest absolute Gasteiger partial charge is 0.407 e. The first kappa shape index (κ1) is 18.9. The molecule has 1 atom stereocenters. The third-order valence-electron chi connectivity index (χ3n) is 2.95. The van der Waals surface area contributed by atoms with Crippen molar-refractivity contribution in [1.82, 2.24) is 5.32 Å². The van der Waals surface area contributed by atoms with Crippen LogP contribution in [0, 0.1) is 5.82 Å². The Labute approximate surface area is 136 Å². The lowest BCUT2D eigenvalue weighted by Gasteiger charge is -2.22. The number of benzene rings is 1. The van der Waals surface area contributed by atoms with E-state index < -0.39 is 11.7 Å². The van der Waals surface area contributed by atoms with E-state index in [2.05, 4.69) is 5.32 Å². The van der Waals surface area contributed by atoms with Crippen molar-refractivity contribution in [2.45, 2.75) is 45.6 Å². The molecule has 0 fully saturated rings. The summed E-state index contributed by atoms with van der Waals surface area (Å²) in [6.07, 6.45) is -0.469. The average molecular weight is 325 g/mol. The standard InChI is InChI=1S/C17H24FNO4/c1-5-22-15(20)10-13(12-6-8-14(18)9-7-12)11-19-16(21)23-17(2,3)4/h6-9,13H,5,10-11H2,1-4H3,(H,19,21)/t13-/m1/s1. The highest BCUT2D eigenvalue weighted by molar-refractivity contribution is 5.71. The monoisotopic (exact) mass is 325 g/mol. The molecule has 0 spiro atoms. The first-order valence-electron chi connectivity index (χ1n) is 7.59. The number of alkyl carbamates (subject to hydrolysis) is 1. The van der Waals surface area contributed by atoms with Crippen molar-refractivity contribution in [3.63, 3.8) is 0 Å². The molecular weight excluding hydrogens is 301 g/mol. The first-order chi connectivity index (χ1) is 10.7. The van der Waals surface area contributed by atoms with Gasteiger partial charge in [0, 0.05) is 12.5 Å². The molecule has 0 radical (unpaired) electrons. The van der Waals surface area contributed by atoms with E-state index in [-0.39, 0.29) is 37.3 Å². The van der Waals surface area contributed by atoms with Crippen molar-refractivity contribution >= 4 is 12.1 Å². The SMILES string of the molecule is CCOC(=O)C[C@H](CNC(=O)OC(C)(C)C)c1ccc(F)cc1. The third-order valence-corrected chi connectivity index (χ3v) is 2.95. The fourth-order valence-electron chi connectivity index (χ4n) is 1.98. The van der Waals surface area contributed by atoms with E-state index in [9.17, 15) is 14.0 Å². The molecular formula is C17H24FNO4. The summed E-state index contributed by atoms with van der Waals surface area (Å²) in [5.41, 5.74) is 0.145. The molecule has 1 aromatic rings. The minimum atomic E-state index is -0.601. The molecule has 0 aliphatic heterocycles. The second-order valence-corrected chi connectivity index (χ2v) is 6.14. The molecule has 5 nitrogen and oxygen atoms in total. The average Bonchev–Trinajstić information content (AvgIpc) is 2.43. The molecule has 0 aromatic heterocycles. The van der Waals surface area contributed by atoms with Crippen LogP contribution in [-0.4, -0.2) is 30.8 Å². The molecule has 1 rings (SSSR count). The van der Waals surface area contributed by atoms with Crippen molar-refractivity contribution in [3.05, 3.63) is 35.6 Å². The first-order valence-corrected chi connectivity index (χ1v) is 7.59. The van der Waals surface area contributed by atoms with Gasteiger partial charge in [0.2, 0.25) is 0 Å². The van der Waals surface area contributed by atoms with Crippen LogP contribution >= 0.6 is 0 Å². The lowest BCUT2D eigenvalue weighted by atomic mass is 9.95. The van der Waals surface area contributed by atoms with Crippen molar-refractivity contribution in [2.24, 2.45) is 0 Å². The molecule has 0 bridgehead atoms. The summed E-state index contributed by atoms with van der Waals surface area (Å²) in [7, 11) is 0. The minimum absolute atomic E-state index is 0.0925. The van der Waals surface area contributed by atoms with Gasteiger partial charge in [-0.1, -0.05) is 12.1 Å². The Balaban J connectivity index is 2.73. The van der Waals surface area contributed by atoms with E-state index in [4.69, 9.17) is 9.47 Å². The summed E-state index contributed by atoms with van der Waals surface area (Å²) in [5, 5.41) is 2.64. The highest BCUT2D eigenvalue weighted by atomic mass is 19.1. The fraction of sp³-hybridized carbons (Fsp3) is 0.529. The number of carbonyl (C=O) groups is 2. The van der Waals surface area contributed by atoms with E-state index in [1.165, 1.54) is 12.1 Å². The molecule has 0 saturated carbocycles. The lowest BCUT2D eigenvalue weighted by molar-refractivity contribution is -0.143. The molecule has 23 heavy (non-hydrogen) atoms. The number of nitrogens with one attached hydrogen (secondary N) is 1. The van der Waals surface area contributed by atoms with Gasteiger partial charge in [-0.05, 0) is 45.4 Å². The summed E-state index contributed by atoms with van der Waals surface area (Å²) in [5.74, 6) is -1.04. The highest BCUT2D eigenvalue weighted by Crippen LogP contribution is 2.20. The van der Waals surface area contributed by atoms with Crippen LogP contribution in [0.25, 0.3) is 0 Å². The number of ether oxygens (including phenoxy) is 2. The van der Waals surface area contributed by atoms with Crippen molar-refractivity contribution < 1.29 is 23.5 Å². The maximum Gasteiger partial charge on any atom is 0.407 e. The number of carbonyl (C=O) groups excluding carboxylic acids is 2. The molecule has 128 valence electrons. The normalized spacial score (nSPS) is 12.4. The number of amides is 1. The molecule has 1 N–H and O–H groups in total. The number of rotatable bonds is 6. The Morgan fingerprint density at radius 3 is 2.35 bits per heavy atom. The van der Waals surface area contributed by atoms with Gasteiger partial charge in [-0.2, -0.15) is 0 Å². The Kier molecular flexibility index (Phi) is 7.00. The predicted molar refractivity (Wildman–Crippen MR) is 84.6 cm³/mol. The van der Waals surface area contributed by atoms with Gasteiger partial charge in [0.05, 0.1) is 13.0 Å². The minimum Gasteiger partial charge on any atom is -0.466 e. The van der Waals surface area contributed by atoms with Gasteiger partial charge >= 0.3 is 12.1 Å². The summed E-state index contributed by atoms with van der Waals surface area (Å²) in [4.78, 5) is 23.5. The summed E-state index contributed by atoms with van der Waals surface area (Å²) < 4.78 is 23.2. The quantitative estimate of drug-likeness (QED) is 0.814. The van der Waals surface area contributed by atoms with Gasteiger partial charge in [-0.3, -0.25) is 4.79 Å². The number of esters is 1. The van der Waals surface area contributed by atoms with E-state index in [0.717, 1.165) is 5.56 Å². The van der Waals surface area contributed by atoms with Crippen LogP contribution < -0.4 is 5.32 Å². The van der Waals surface area contributed by atoms with Gasteiger partial charge in [0.15, 0.2) is 0 Å². The zero-order valence-corrected chi connectivity index (χ0v) is 14.0. The Morgan fingerprint density at radius 1 is 1.22 bits per heavy atom. The summed E-state index contributed by atoms with van der Waals surface area (Å²) in [6, 6.07) is 5.83. The summed E-state index contributed by atoms with van der Waals surface area (Å²) in [6.45, 7) is 7.51. The Morgan fingerprint density at radius 2 is 1.83 bits per heavy atom. The van der Waals surface area contributed by atoms with Crippen LogP contribution in [0.3, 0.4) is 0 Å². The van der Waals surface area contributed by atoms with Gasteiger partial charge in [0.1, 0.15) is 11.4 Å². The van der Waals surface area contributed by atoms with Gasteiger partial charge in [-0.25, -0.2) is 9.18 Å². The van der Waals surface area contributed by atoms with Crippen molar-refractivity contribution in [2.75, 3.05) is 13.2 Å². The zero-order chi connectivity index (χ0) is 17.5. The summed E-state index contributed by atoms with van der Waals surface area (Å²) >= 11 is 0. The molecule has 0 heterocycles. The molecule has 0 unspecified atom stereocenters. The van der Waals surface area contributed by atoms with Gasteiger partial charge in [-0.15, -0.1) is 0 Å². The maximum absolute atomic E-state index is 13.1. The van der Waals surface area contributed by atoms with Crippen molar-refractivity contribution in [3.8, 4) is 0 Å². The second kappa shape index (κ2) is 8.50. The van der Waals surface area contributed by atoms with Gasteiger partial charge in [0.25, 0.3) is 0 Å². The van der Waals surface area contributed by atoms with E-state index >= 15 is 0 Å². The van der Waals surface area contributed by atoms with E-state index in [1.54, 1.807) is 39.8 Å². The predicted octanol–water partition coefficient (Wildman–Crippen LogP) is 3.39. The largest absolute Gasteiger partial charge is 0.466 e. The highest BCUT2D eigenvalue weighted by Gasteiger charge is 2.20. The maximum atomic E-state index is 13.1. The van der Waals surface area contributed by atoms with Crippen LogP contribution in [0.5, 0.6) is 0 Å². The second-order valence-electron chi connectivity index (χ2n) is 6.14. The Hall–Kier alpha value is -2.11. The van der Waals surface area contributed by atoms with Crippen LogP contribution in [0.15, 0.2) is 24.3 Å². The number of halogens is 1. The Bertz CT molecular complexity index is 522.